The minimum atomic E-state index is -3.62. The number of rotatable bonds is 7. The monoisotopic (exact) mass is 334 g/mol. The highest BCUT2D eigenvalue weighted by molar-refractivity contribution is 7.89. The van der Waals surface area contributed by atoms with Crippen molar-refractivity contribution in [2.75, 3.05) is 26.2 Å². The van der Waals surface area contributed by atoms with Crippen LogP contribution in [0.5, 0.6) is 0 Å². The van der Waals surface area contributed by atoms with E-state index in [1.807, 2.05) is 0 Å². The van der Waals surface area contributed by atoms with Gasteiger partial charge in [-0.15, -0.1) is 13.2 Å². The number of carbonyl (C=O) groups excluding carboxylic acids is 1. The highest BCUT2D eigenvalue weighted by Crippen LogP contribution is 2.18. The van der Waals surface area contributed by atoms with Gasteiger partial charge in [0.1, 0.15) is 0 Å². The standard InChI is InChI=1S/C17H22N2O3S/c1-3-11-19(12-4-2)23(21,22)16-9-7-15(8-10-16)17(20)18-13-5-6-14-18/h3-4,7-10H,1-2,5-6,11-14H2. The predicted octanol–water partition coefficient (Wildman–Crippen LogP) is 2.29. The third-order valence-corrected chi connectivity index (χ3v) is 5.64. The van der Waals surface area contributed by atoms with Gasteiger partial charge in [0.15, 0.2) is 0 Å². The van der Waals surface area contributed by atoms with Crippen LogP contribution in [0.1, 0.15) is 23.2 Å². The Hall–Kier alpha value is -1.92. The second-order valence-corrected chi connectivity index (χ2v) is 7.36. The van der Waals surface area contributed by atoms with Crippen molar-refractivity contribution in [3.05, 3.63) is 55.1 Å². The molecule has 0 aliphatic carbocycles. The molecule has 1 saturated heterocycles. The van der Waals surface area contributed by atoms with Crippen LogP contribution in [0.3, 0.4) is 0 Å². The molecule has 0 bridgehead atoms. The Morgan fingerprint density at radius 3 is 2.09 bits per heavy atom. The Labute approximate surface area is 138 Å². The molecule has 0 spiro atoms. The van der Waals surface area contributed by atoms with Gasteiger partial charge in [0.2, 0.25) is 10.0 Å². The van der Waals surface area contributed by atoms with Crippen LogP contribution in [0.15, 0.2) is 54.5 Å². The molecule has 5 nitrogen and oxygen atoms in total. The van der Waals surface area contributed by atoms with Crippen LogP contribution in [0.2, 0.25) is 0 Å². The molecule has 0 N–H and O–H groups in total. The number of carbonyl (C=O) groups is 1. The molecule has 0 atom stereocenters. The smallest absolute Gasteiger partial charge is 0.253 e. The van der Waals surface area contributed by atoms with Gasteiger partial charge in [-0.3, -0.25) is 4.79 Å². The van der Waals surface area contributed by atoms with Crippen molar-refractivity contribution < 1.29 is 13.2 Å². The first-order chi connectivity index (χ1) is 11.0. The molecule has 0 radical (unpaired) electrons. The van der Waals surface area contributed by atoms with E-state index in [0.29, 0.717) is 5.56 Å². The Kier molecular flexibility index (Phi) is 5.74. The van der Waals surface area contributed by atoms with Crippen LogP contribution in [0, 0.1) is 0 Å². The van der Waals surface area contributed by atoms with Crippen LogP contribution in [0.25, 0.3) is 0 Å². The summed E-state index contributed by atoms with van der Waals surface area (Å²) in [5.74, 6) is -0.0412. The lowest BCUT2D eigenvalue weighted by atomic mass is 10.2. The molecule has 1 aromatic rings. The Balaban J connectivity index is 2.21. The lowest BCUT2D eigenvalue weighted by Crippen LogP contribution is -2.31. The maximum atomic E-state index is 12.6. The van der Waals surface area contributed by atoms with E-state index in [-0.39, 0.29) is 23.9 Å². The average Bonchev–Trinajstić information content (AvgIpc) is 3.08. The summed E-state index contributed by atoms with van der Waals surface area (Å²) >= 11 is 0. The molecular weight excluding hydrogens is 312 g/mol. The highest BCUT2D eigenvalue weighted by Gasteiger charge is 2.24. The van der Waals surface area contributed by atoms with Crippen LogP contribution < -0.4 is 0 Å². The molecule has 124 valence electrons. The zero-order valence-electron chi connectivity index (χ0n) is 13.1. The first-order valence-corrected chi connectivity index (χ1v) is 9.06. The average molecular weight is 334 g/mol. The molecule has 1 heterocycles. The van der Waals surface area contributed by atoms with E-state index in [1.165, 1.54) is 28.6 Å². The van der Waals surface area contributed by atoms with Gasteiger partial charge in [-0.25, -0.2) is 8.42 Å². The molecule has 1 amide bonds. The molecule has 1 fully saturated rings. The van der Waals surface area contributed by atoms with Crippen molar-refractivity contribution >= 4 is 15.9 Å². The number of nitrogens with zero attached hydrogens (tertiary/aromatic N) is 2. The van der Waals surface area contributed by atoms with E-state index in [9.17, 15) is 13.2 Å². The molecule has 1 aliphatic heterocycles. The van der Waals surface area contributed by atoms with E-state index in [2.05, 4.69) is 13.2 Å². The second-order valence-electron chi connectivity index (χ2n) is 5.42. The van der Waals surface area contributed by atoms with E-state index < -0.39 is 10.0 Å². The first kappa shape index (κ1) is 17.4. The van der Waals surface area contributed by atoms with Crippen LogP contribution in [-0.4, -0.2) is 49.7 Å². The minimum Gasteiger partial charge on any atom is -0.339 e. The van der Waals surface area contributed by atoms with Gasteiger partial charge in [-0.1, -0.05) is 12.2 Å². The fourth-order valence-corrected chi connectivity index (χ4v) is 3.96. The lowest BCUT2D eigenvalue weighted by Gasteiger charge is -2.19. The zero-order valence-corrected chi connectivity index (χ0v) is 14.0. The largest absolute Gasteiger partial charge is 0.339 e. The number of benzene rings is 1. The highest BCUT2D eigenvalue weighted by atomic mass is 32.2. The van der Waals surface area contributed by atoms with Gasteiger partial charge in [0.25, 0.3) is 5.91 Å². The summed E-state index contributed by atoms with van der Waals surface area (Å²) in [5, 5.41) is 0. The van der Waals surface area contributed by atoms with Gasteiger partial charge >= 0.3 is 0 Å². The van der Waals surface area contributed by atoms with Crippen LogP contribution >= 0.6 is 0 Å². The molecule has 2 rings (SSSR count). The van der Waals surface area contributed by atoms with E-state index in [4.69, 9.17) is 0 Å². The second kappa shape index (κ2) is 7.57. The van der Waals surface area contributed by atoms with Crippen LogP contribution in [-0.2, 0) is 10.0 Å². The van der Waals surface area contributed by atoms with E-state index in [0.717, 1.165) is 25.9 Å². The molecule has 0 aromatic heterocycles. The maximum Gasteiger partial charge on any atom is 0.253 e. The van der Waals surface area contributed by atoms with Crippen molar-refractivity contribution in [1.29, 1.82) is 0 Å². The van der Waals surface area contributed by atoms with Gasteiger partial charge in [-0.05, 0) is 37.1 Å². The number of amides is 1. The summed E-state index contributed by atoms with van der Waals surface area (Å²) in [4.78, 5) is 14.2. The maximum absolute atomic E-state index is 12.6. The summed E-state index contributed by atoms with van der Waals surface area (Å²) in [6, 6.07) is 6.12. The summed E-state index contributed by atoms with van der Waals surface area (Å²) in [6.07, 6.45) is 5.12. The van der Waals surface area contributed by atoms with Crippen molar-refractivity contribution in [3.8, 4) is 0 Å². The third-order valence-electron chi connectivity index (χ3n) is 3.80. The topological polar surface area (TPSA) is 57.7 Å². The van der Waals surface area contributed by atoms with E-state index in [1.54, 1.807) is 17.0 Å². The van der Waals surface area contributed by atoms with Crippen LogP contribution in [0.4, 0.5) is 0 Å². The van der Waals surface area contributed by atoms with Crippen molar-refractivity contribution in [2.24, 2.45) is 0 Å². The summed E-state index contributed by atoms with van der Waals surface area (Å²) in [6.45, 7) is 9.12. The fourth-order valence-electron chi connectivity index (χ4n) is 2.58. The van der Waals surface area contributed by atoms with Gasteiger partial charge in [0.05, 0.1) is 4.90 Å². The molecular formula is C17H22N2O3S. The molecule has 1 aromatic carbocycles. The van der Waals surface area contributed by atoms with E-state index >= 15 is 0 Å². The van der Waals surface area contributed by atoms with Gasteiger partial charge in [-0.2, -0.15) is 4.31 Å². The minimum absolute atomic E-state index is 0.0412. The normalized spacial score (nSPS) is 14.9. The quantitative estimate of drug-likeness (QED) is 0.719. The molecule has 0 unspecified atom stereocenters. The number of sulfonamides is 1. The SMILES string of the molecule is C=CCN(CC=C)S(=O)(=O)c1ccc(C(=O)N2CCCC2)cc1. The van der Waals surface area contributed by atoms with Gasteiger partial charge in [0, 0.05) is 31.7 Å². The Morgan fingerprint density at radius 2 is 1.61 bits per heavy atom. The summed E-state index contributed by atoms with van der Waals surface area (Å²) in [7, 11) is -3.62. The van der Waals surface area contributed by atoms with Gasteiger partial charge < -0.3 is 4.90 Å². The molecule has 6 heteroatoms. The lowest BCUT2D eigenvalue weighted by molar-refractivity contribution is 0.0792. The molecule has 1 aliphatic rings. The summed E-state index contributed by atoms with van der Waals surface area (Å²) in [5.41, 5.74) is 0.518. The molecule has 0 saturated carbocycles. The zero-order chi connectivity index (χ0) is 16.9. The number of hydrogen-bond donors (Lipinski definition) is 0. The number of hydrogen-bond acceptors (Lipinski definition) is 3. The predicted molar refractivity (Wildman–Crippen MR) is 90.7 cm³/mol. The third kappa shape index (κ3) is 3.89. The first-order valence-electron chi connectivity index (χ1n) is 7.62. The van der Waals surface area contributed by atoms with Crippen molar-refractivity contribution in [3.63, 3.8) is 0 Å². The van der Waals surface area contributed by atoms with Crippen molar-refractivity contribution in [2.45, 2.75) is 17.7 Å². The Bertz CT molecular complexity index is 664. The molecule has 23 heavy (non-hydrogen) atoms. The van der Waals surface area contributed by atoms with Crippen molar-refractivity contribution in [1.82, 2.24) is 9.21 Å². The Morgan fingerprint density at radius 1 is 1.09 bits per heavy atom. The fraction of sp³-hybridized carbons (Fsp3) is 0.353. The number of likely N-dealkylation sites (tertiary alicyclic amines) is 1. The summed E-state index contributed by atoms with van der Waals surface area (Å²) < 4.78 is 26.5.